The van der Waals surface area contributed by atoms with Gasteiger partial charge >= 0.3 is 5.97 Å². The second-order valence-corrected chi connectivity index (χ2v) is 10.2. The fourth-order valence-corrected chi connectivity index (χ4v) is 6.20. The van der Waals surface area contributed by atoms with Crippen LogP contribution in [0.1, 0.15) is 51.5 Å². The van der Waals surface area contributed by atoms with Gasteiger partial charge in [-0.3, -0.25) is 14.4 Å². The molecule has 1 saturated heterocycles. The molecule has 0 bridgehead atoms. The largest absolute Gasteiger partial charge is 0.466 e. The summed E-state index contributed by atoms with van der Waals surface area (Å²) < 4.78 is 5.35. The average molecular weight is 483 g/mol. The molecule has 1 saturated carbocycles. The van der Waals surface area contributed by atoms with Gasteiger partial charge in [0.05, 0.1) is 31.1 Å². The Morgan fingerprint density at radius 2 is 1.86 bits per heavy atom. The summed E-state index contributed by atoms with van der Waals surface area (Å²) >= 11 is 0. The summed E-state index contributed by atoms with van der Waals surface area (Å²) in [5.41, 5.74) is 0.978. The van der Waals surface area contributed by atoms with Gasteiger partial charge < -0.3 is 20.1 Å². The Morgan fingerprint density at radius 3 is 2.51 bits per heavy atom. The highest BCUT2D eigenvalue weighted by atomic mass is 16.5. The molecule has 0 unspecified atom stereocenters. The number of benzene rings is 1. The van der Waals surface area contributed by atoms with Crippen LogP contribution in [0.25, 0.3) is 0 Å². The molecule has 1 aliphatic heterocycles. The van der Waals surface area contributed by atoms with Crippen LogP contribution < -0.4 is 5.32 Å². The number of allylic oxidation sites excluding steroid dienone is 1. The Kier molecular flexibility index (Phi) is 8.26. The van der Waals surface area contributed by atoms with E-state index < -0.39 is 35.8 Å². The van der Waals surface area contributed by atoms with E-state index in [1.807, 2.05) is 49.4 Å². The lowest BCUT2D eigenvalue weighted by Crippen LogP contribution is -2.54. The third-order valence-electron chi connectivity index (χ3n) is 7.91. The summed E-state index contributed by atoms with van der Waals surface area (Å²) in [5.74, 6) is -2.78. The van der Waals surface area contributed by atoms with Crippen molar-refractivity contribution in [1.29, 1.82) is 0 Å². The molecule has 1 aromatic carbocycles. The van der Waals surface area contributed by atoms with Gasteiger partial charge in [-0.05, 0) is 37.7 Å². The van der Waals surface area contributed by atoms with E-state index in [0.29, 0.717) is 6.42 Å². The lowest BCUT2D eigenvalue weighted by molar-refractivity contribution is -0.155. The fourth-order valence-electron chi connectivity index (χ4n) is 6.20. The maximum Gasteiger partial charge on any atom is 0.310 e. The van der Waals surface area contributed by atoms with Crippen molar-refractivity contribution < 1.29 is 24.2 Å². The van der Waals surface area contributed by atoms with Crippen LogP contribution >= 0.6 is 0 Å². The number of amides is 2. The number of carbonyl (C=O) groups is 3. The smallest absolute Gasteiger partial charge is 0.310 e. The van der Waals surface area contributed by atoms with Crippen molar-refractivity contribution in [2.75, 3.05) is 13.2 Å². The van der Waals surface area contributed by atoms with Gasteiger partial charge in [-0.2, -0.15) is 0 Å². The second-order valence-electron chi connectivity index (χ2n) is 10.2. The highest BCUT2D eigenvalue weighted by molar-refractivity contribution is 5.96. The van der Waals surface area contributed by atoms with Crippen molar-refractivity contribution in [1.82, 2.24) is 10.2 Å². The molecular weight excluding hydrogens is 444 g/mol. The number of likely N-dealkylation sites (tertiary alicyclic amines) is 1. The van der Waals surface area contributed by atoms with Crippen LogP contribution in [-0.4, -0.2) is 59.1 Å². The van der Waals surface area contributed by atoms with Gasteiger partial charge in [0.25, 0.3) is 0 Å². The van der Waals surface area contributed by atoms with Crippen LogP contribution in [0.2, 0.25) is 0 Å². The molecule has 6 atom stereocenters. The monoisotopic (exact) mass is 482 g/mol. The fraction of sp³-hybridized carbons (Fsp3) is 0.607. The molecule has 190 valence electrons. The summed E-state index contributed by atoms with van der Waals surface area (Å²) in [6.07, 6.45) is 9.52. The van der Waals surface area contributed by atoms with E-state index in [2.05, 4.69) is 5.32 Å². The van der Waals surface area contributed by atoms with Gasteiger partial charge in [0.1, 0.15) is 6.04 Å². The lowest BCUT2D eigenvalue weighted by atomic mass is 9.70. The van der Waals surface area contributed by atoms with Crippen molar-refractivity contribution in [2.45, 2.75) is 70.5 Å². The Balaban J connectivity index is 1.68. The second kappa shape index (κ2) is 11.4. The Hall–Kier alpha value is -2.67. The molecule has 2 N–H and O–H groups in total. The Morgan fingerprint density at radius 1 is 1.14 bits per heavy atom. The van der Waals surface area contributed by atoms with E-state index in [1.165, 1.54) is 6.42 Å². The Labute approximate surface area is 207 Å². The van der Waals surface area contributed by atoms with Crippen LogP contribution in [0.3, 0.4) is 0 Å². The minimum Gasteiger partial charge on any atom is -0.466 e. The zero-order valence-electron chi connectivity index (χ0n) is 20.8. The van der Waals surface area contributed by atoms with E-state index in [-0.39, 0.29) is 37.0 Å². The highest BCUT2D eigenvalue weighted by Gasteiger charge is 2.58. The third kappa shape index (κ3) is 5.30. The summed E-state index contributed by atoms with van der Waals surface area (Å²) in [4.78, 5) is 42.3. The quantitative estimate of drug-likeness (QED) is 0.439. The minimum atomic E-state index is -0.768. The van der Waals surface area contributed by atoms with Crippen LogP contribution in [0, 0.1) is 23.7 Å². The topological polar surface area (TPSA) is 95.9 Å². The third-order valence-corrected chi connectivity index (χ3v) is 7.91. The molecule has 1 heterocycles. The number of hydrogen-bond donors (Lipinski definition) is 2. The van der Waals surface area contributed by atoms with Crippen molar-refractivity contribution in [2.24, 2.45) is 23.7 Å². The Bertz CT molecular complexity index is 927. The maximum atomic E-state index is 14.0. The number of aliphatic hydroxyl groups is 1. The van der Waals surface area contributed by atoms with Crippen LogP contribution in [0.15, 0.2) is 42.5 Å². The maximum absolute atomic E-state index is 14.0. The van der Waals surface area contributed by atoms with Gasteiger partial charge in [-0.25, -0.2) is 0 Å². The SMILES string of the molecule is CCOC(=O)[C@H]1[C@H]2C(=O)N([C@@H](CO)Cc3ccccc3)[C@H](C(=O)NC3CCCCC3)[C@H]2C=C[C@H]1C. The van der Waals surface area contributed by atoms with Crippen molar-refractivity contribution >= 4 is 17.8 Å². The first kappa shape index (κ1) is 25.4. The van der Waals surface area contributed by atoms with E-state index in [1.54, 1.807) is 11.8 Å². The van der Waals surface area contributed by atoms with Crippen molar-refractivity contribution in [3.05, 3.63) is 48.0 Å². The lowest BCUT2D eigenvalue weighted by Gasteiger charge is -2.35. The molecule has 4 rings (SSSR count). The molecule has 2 aliphatic carbocycles. The van der Waals surface area contributed by atoms with Gasteiger partial charge in [0.2, 0.25) is 11.8 Å². The van der Waals surface area contributed by atoms with Crippen LogP contribution in [0.5, 0.6) is 0 Å². The highest BCUT2D eigenvalue weighted by Crippen LogP contribution is 2.45. The molecular formula is C28H38N2O5. The summed E-state index contributed by atoms with van der Waals surface area (Å²) in [6, 6.07) is 8.44. The van der Waals surface area contributed by atoms with E-state index in [4.69, 9.17) is 4.74 Å². The summed E-state index contributed by atoms with van der Waals surface area (Å²) in [5, 5.41) is 13.6. The van der Waals surface area contributed by atoms with E-state index in [0.717, 1.165) is 31.2 Å². The van der Waals surface area contributed by atoms with Crippen molar-refractivity contribution in [3.63, 3.8) is 0 Å². The molecule has 7 nitrogen and oxygen atoms in total. The van der Waals surface area contributed by atoms with Gasteiger partial charge in [0.15, 0.2) is 0 Å². The number of rotatable bonds is 8. The summed E-state index contributed by atoms with van der Waals surface area (Å²) in [6.45, 7) is 3.63. The predicted molar refractivity (Wildman–Crippen MR) is 132 cm³/mol. The number of nitrogens with zero attached hydrogens (tertiary/aromatic N) is 1. The van der Waals surface area contributed by atoms with Gasteiger partial charge in [0, 0.05) is 12.0 Å². The molecule has 0 aromatic heterocycles. The molecule has 35 heavy (non-hydrogen) atoms. The molecule has 2 fully saturated rings. The zero-order chi connectivity index (χ0) is 24.9. The van der Waals surface area contributed by atoms with E-state index in [9.17, 15) is 19.5 Å². The average Bonchev–Trinajstić information content (AvgIpc) is 3.16. The number of nitrogens with one attached hydrogen (secondary N) is 1. The van der Waals surface area contributed by atoms with Gasteiger partial charge in [-0.1, -0.05) is 68.7 Å². The molecule has 0 radical (unpaired) electrons. The van der Waals surface area contributed by atoms with Crippen LogP contribution in [0.4, 0.5) is 0 Å². The number of aliphatic hydroxyl groups excluding tert-OH is 1. The molecule has 1 aromatic rings. The number of carbonyl (C=O) groups excluding carboxylic acids is 3. The van der Waals surface area contributed by atoms with Crippen LogP contribution in [-0.2, 0) is 25.5 Å². The zero-order valence-corrected chi connectivity index (χ0v) is 20.8. The molecule has 2 amide bonds. The number of hydrogen-bond acceptors (Lipinski definition) is 5. The molecule has 0 spiro atoms. The molecule has 3 aliphatic rings. The predicted octanol–water partition coefficient (Wildman–Crippen LogP) is 2.87. The first-order chi connectivity index (χ1) is 17.0. The first-order valence-electron chi connectivity index (χ1n) is 13.1. The normalized spacial score (nSPS) is 29.5. The van der Waals surface area contributed by atoms with E-state index >= 15 is 0 Å². The number of fused-ring (bicyclic) bond motifs is 1. The first-order valence-corrected chi connectivity index (χ1v) is 13.1. The summed E-state index contributed by atoms with van der Waals surface area (Å²) in [7, 11) is 0. The van der Waals surface area contributed by atoms with Crippen molar-refractivity contribution in [3.8, 4) is 0 Å². The number of esters is 1. The van der Waals surface area contributed by atoms with Gasteiger partial charge in [-0.15, -0.1) is 0 Å². The minimum absolute atomic E-state index is 0.0984. The standard InChI is InChI=1S/C28H38N2O5/c1-3-35-28(34)23-18(2)14-15-22-24(23)27(33)30(21(17-31)16-19-10-6-4-7-11-19)25(22)26(32)29-20-12-8-5-9-13-20/h4,6-7,10-11,14-15,18,20-25,31H,3,5,8-9,12-13,16-17H2,1-2H3,(H,29,32)/t18-,21-,22+,23-,24+,25+/m1/s1. The molecule has 7 heteroatoms. The number of ether oxygens (including phenoxy) is 1.